The molecule has 2 N–H and O–H groups in total. The van der Waals surface area contributed by atoms with Crippen LogP contribution in [0.5, 0.6) is 0 Å². The molecule has 194 valence electrons. The van der Waals surface area contributed by atoms with E-state index in [-0.39, 0.29) is 23.9 Å². The number of carbonyl (C=O) groups excluding carboxylic acids is 2. The molecule has 1 aliphatic heterocycles. The number of amides is 2. The maximum absolute atomic E-state index is 13.2. The predicted molar refractivity (Wildman–Crippen MR) is 144 cm³/mol. The smallest absolute Gasteiger partial charge is 0.284 e. The van der Waals surface area contributed by atoms with Crippen molar-refractivity contribution in [2.45, 2.75) is 45.7 Å². The number of hydrogen-bond acceptors (Lipinski definition) is 9. The van der Waals surface area contributed by atoms with Gasteiger partial charge in [0.25, 0.3) is 5.91 Å². The molecule has 4 aromatic heterocycles. The van der Waals surface area contributed by atoms with Crippen molar-refractivity contribution in [3.63, 3.8) is 0 Å². The van der Waals surface area contributed by atoms with Crippen LogP contribution < -0.4 is 10.6 Å². The first kappa shape index (κ1) is 25.3. The van der Waals surface area contributed by atoms with E-state index in [1.807, 2.05) is 32.0 Å². The minimum atomic E-state index is -0.186. The highest BCUT2D eigenvalue weighted by Gasteiger charge is 2.28. The van der Waals surface area contributed by atoms with Crippen LogP contribution in [0.25, 0.3) is 27.5 Å². The topological polar surface area (TPSA) is 141 Å². The van der Waals surface area contributed by atoms with Crippen LogP contribution in [0.3, 0.4) is 0 Å². The van der Waals surface area contributed by atoms with E-state index in [2.05, 4.69) is 37.0 Å². The van der Waals surface area contributed by atoms with E-state index in [1.54, 1.807) is 21.7 Å². The highest BCUT2D eigenvalue weighted by Crippen LogP contribution is 2.34. The fourth-order valence-electron chi connectivity index (χ4n) is 4.57. The van der Waals surface area contributed by atoms with Gasteiger partial charge >= 0.3 is 0 Å². The van der Waals surface area contributed by atoms with Crippen LogP contribution in [0, 0.1) is 11.3 Å². The lowest BCUT2D eigenvalue weighted by Crippen LogP contribution is -2.49. The number of carbonyl (C=O) groups is 2. The Balaban J connectivity index is 1.43. The van der Waals surface area contributed by atoms with Crippen LogP contribution in [0.15, 0.2) is 36.7 Å². The van der Waals surface area contributed by atoms with E-state index in [4.69, 9.17) is 5.26 Å². The zero-order chi connectivity index (χ0) is 26.8. The van der Waals surface area contributed by atoms with E-state index in [0.29, 0.717) is 34.4 Å². The number of hydrogen-bond donors (Lipinski definition) is 2. The monoisotopic (exact) mass is 529 g/mol. The molecule has 4 aromatic rings. The highest BCUT2D eigenvalue weighted by atomic mass is 32.1. The summed E-state index contributed by atoms with van der Waals surface area (Å²) in [6.07, 6.45) is 4.92. The van der Waals surface area contributed by atoms with Gasteiger partial charge in [-0.2, -0.15) is 10.4 Å². The maximum atomic E-state index is 13.2. The second-order valence-corrected chi connectivity index (χ2v) is 10.5. The Morgan fingerprint density at radius 3 is 2.82 bits per heavy atom. The Hall–Kier alpha value is -4.37. The van der Waals surface area contributed by atoms with Crippen LogP contribution in [0.2, 0.25) is 0 Å². The van der Waals surface area contributed by atoms with Gasteiger partial charge < -0.3 is 15.5 Å². The molecule has 5 rings (SSSR count). The van der Waals surface area contributed by atoms with E-state index in [9.17, 15) is 9.59 Å². The lowest BCUT2D eigenvalue weighted by molar-refractivity contribution is -0.120. The quantitative estimate of drug-likeness (QED) is 0.387. The summed E-state index contributed by atoms with van der Waals surface area (Å²) in [5, 5.41) is 29.3. The van der Waals surface area contributed by atoms with Crippen molar-refractivity contribution in [3.8, 4) is 28.0 Å². The van der Waals surface area contributed by atoms with Gasteiger partial charge in [-0.3, -0.25) is 14.6 Å². The molecule has 1 unspecified atom stereocenters. The molecule has 11 nitrogen and oxygen atoms in total. The Kier molecular flexibility index (Phi) is 7.02. The van der Waals surface area contributed by atoms with Crippen molar-refractivity contribution >= 4 is 34.4 Å². The summed E-state index contributed by atoms with van der Waals surface area (Å²) in [5.41, 5.74) is 4.34. The van der Waals surface area contributed by atoms with Gasteiger partial charge in [-0.15, -0.1) is 10.2 Å². The molecule has 0 aromatic carbocycles. The molecule has 38 heavy (non-hydrogen) atoms. The first-order valence-corrected chi connectivity index (χ1v) is 13.2. The van der Waals surface area contributed by atoms with Crippen molar-refractivity contribution < 1.29 is 9.59 Å². The highest BCUT2D eigenvalue weighted by molar-refractivity contribution is 7.16. The average molecular weight is 530 g/mol. The molecular weight excluding hydrogens is 502 g/mol. The van der Waals surface area contributed by atoms with Crippen molar-refractivity contribution in [1.82, 2.24) is 35.0 Å². The second-order valence-electron chi connectivity index (χ2n) is 9.53. The third kappa shape index (κ3) is 5.19. The largest absolute Gasteiger partial charge is 0.382 e. The third-order valence-corrected chi connectivity index (χ3v) is 7.14. The molecule has 0 saturated carbocycles. The van der Waals surface area contributed by atoms with E-state index < -0.39 is 0 Å². The van der Waals surface area contributed by atoms with E-state index >= 15 is 0 Å². The lowest BCUT2D eigenvalue weighted by Gasteiger charge is -2.32. The Morgan fingerprint density at radius 1 is 1.21 bits per heavy atom. The molecule has 0 aliphatic carbocycles. The minimum Gasteiger partial charge on any atom is -0.382 e. The summed E-state index contributed by atoms with van der Waals surface area (Å²) in [6.45, 7) is 6.64. The number of anilines is 1. The molecule has 5 heterocycles. The molecule has 1 atom stereocenters. The lowest BCUT2D eigenvalue weighted by atomic mass is 10.1. The van der Waals surface area contributed by atoms with Gasteiger partial charge in [0.1, 0.15) is 6.07 Å². The predicted octanol–water partition coefficient (Wildman–Crippen LogP) is 3.35. The summed E-state index contributed by atoms with van der Waals surface area (Å²) in [6, 6.07) is 9.71. The molecule has 0 radical (unpaired) electrons. The molecule has 2 amide bonds. The van der Waals surface area contributed by atoms with Crippen LogP contribution in [-0.2, 0) is 4.79 Å². The van der Waals surface area contributed by atoms with Gasteiger partial charge in [-0.25, -0.2) is 4.52 Å². The van der Waals surface area contributed by atoms with Gasteiger partial charge in [-0.1, -0.05) is 11.3 Å². The molecule has 12 heteroatoms. The Morgan fingerprint density at radius 2 is 2.05 bits per heavy atom. The SMILES string of the molecule is CC(=O)NC1CCCN(C(=O)c2nnc(-c3cnc(-c4ccc5cc(C#N)cnn45)cc3NC(C)C)s2)C1. The normalized spacial score (nSPS) is 15.4. The minimum absolute atomic E-state index is 0.0534. The van der Waals surface area contributed by atoms with Gasteiger partial charge in [-0.05, 0) is 51.0 Å². The number of nitrogens with zero attached hydrogens (tertiary/aromatic N) is 7. The molecular formula is C26H27N9O2S. The number of piperidine rings is 1. The van der Waals surface area contributed by atoms with Crippen LogP contribution in [0.1, 0.15) is 49.0 Å². The fraction of sp³-hybridized carbons (Fsp3) is 0.346. The number of rotatable bonds is 6. The van der Waals surface area contributed by atoms with E-state index in [0.717, 1.165) is 35.3 Å². The van der Waals surface area contributed by atoms with Crippen LogP contribution in [-0.4, -0.2) is 66.7 Å². The second kappa shape index (κ2) is 10.5. The Labute approximate surface area is 223 Å². The molecule has 1 aliphatic rings. The number of nitriles is 1. The molecule has 0 bridgehead atoms. The molecule has 1 fully saturated rings. The van der Waals surface area contributed by atoms with Crippen LogP contribution >= 0.6 is 11.3 Å². The number of aromatic nitrogens is 5. The Bertz CT molecular complexity index is 1550. The summed E-state index contributed by atoms with van der Waals surface area (Å²) < 4.78 is 1.75. The average Bonchev–Trinajstić information content (AvgIpc) is 3.55. The number of pyridine rings is 1. The third-order valence-electron chi connectivity index (χ3n) is 6.19. The summed E-state index contributed by atoms with van der Waals surface area (Å²) in [5.74, 6) is -0.284. The zero-order valence-corrected chi connectivity index (χ0v) is 22.1. The van der Waals surface area contributed by atoms with Gasteiger partial charge in [0.05, 0.1) is 34.2 Å². The van der Waals surface area contributed by atoms with Crippen LogP contribution in [0.4, 0.5) is 5.69 Å². The van der Waals surface area contributed by atoms with Gasteiger partial charge in [0.15, 0.2) is 5.01 Å². The number of nitrogens with one attached hydrogen (secondary N) is 2. The molecule has 1 saturated heterocycles. The van der Waals surface area contributed by atoms with Crippen molar-refractivity contribution in [2.24, 2.45) is 0 Å². The first-order valence-electron chi connectivity index (χ1n) is 12.4. The van der Waals surface area contributed by atoms with Gasteiger partial charge in [0.2, 0.25) is 10.9 Å². The summed E-state index contributed by atoms with van der Waals surface area (Å²) in [7, 11) is 0. The standard InChI is InChI=1S/C26H27N9O2S/c1-15(2)30-21-10-22(23-7-6-19-9-17(11-27)12-29-35(19)23)28-13-20(21)24-32-33-25(38-24)26(37)34-8-4-5-18(14-34)31-16(3)36/h6-7,9-10,12-13,15,18H,4-5,8,14H2,1-3H3,(H,28,30)(H,31,36). The van der Waals surface area contributed by atoms with Crippen molar-refractivity contribution in [1.29, 1.82) is 5.26 Å². The maximum Gasteiger partial charge on any atom is 0.284 e. The summed E-state index contributed by atoms with van der Waals surface area (Å²) in [4.78, 5) is 31.0. The van der Waals surface area contributed by atoms with E-state index in [1.165, 1.54) is 24.5 Å². The molecule has 0 spiro atoms. The first-order chi connectivity index (χ1) is 18.3. The number of fused-ring (bicyclic) bond motifs is 1. The number of likely N-dealkylation sites (tertiary alicyclic amines) is 1. The fourth-order valence-corrected chi connectivity index (χ4v) is 5.41. The van der Waals surface area contributed by atoms with Crippen molar-refractivity contribution in [3.05, 3.63) is 47.2 Å². The zero-order valence-electron chi connectivity index (χ0n) is 21.3. The van der Waals surface area contributed by atoms with Crippen molar-refractivity contribution in [2.75, 3.05) is 18.4 Å². The van der Waals surface area contributed by atoms with Gasteiger partial charge in [0, 0.05) is 44.0 Å². The summed E-state index contributed by atoms with van der Waals surface area (Å²) >= 11 is 1.23.